The first-order valence-electron chi connectivity index (χ1n) is 8.99. The zero-order valence-corrected chi connectivity index (χ0v) is 16.4. The average Bonchev–Trinajstić information content (AvgIpc) is 2.71. The highest BCUT2D eigenvalue weighted by Crippen LogP contribution is 2.40. The van der Waals surface area contributed by atoms with Gasteiger partial charge in [0.05, 0.1) is 0 Å². The molecule has 1 rings (SSSR count). The maximum atomic E-state index is 12.9. The van der Waals surface area contributed by atoms with Gasteiger partial charge in [-0.15, -0.1) is 0 Å². The van der Waals surface area contributed by atoms with E-state index in [1.807, 2.05) is 27.7 Å². The van der Waals surface area contributed by atoms with Crippen LogP contribution < -0.4 is 5.73 Å². The molecule has 0 spiro atoms. The topological polar surface area (TPSA) is 91.1 Å². The van der Waals surface area contributed by atoms with E-state index in [9.17, 15) is 9.59 Å². The molecule has 1 aliphatic heterocycles. The maximum absolute atomic E-state index is 12.9. The van der Waals surface area contributed by atoms with E-state index in [0.717, 1.165) is 12.8 Å². The number of carbonyl (C=O) groups is 2. The van der Waals surface area contributed by atoms with Crippen LogP contribution in [0.5, 0.6) is 0 Å². The summed E-state index contributed by atoms with van der Waals surface area (Å²) in [5, 5.41) is 0. The second kappa shape index (κ2) is 10.1. The van der Waals surface area contributed by atoms with Gasteiger partial charge in [-0.2, -0.15) is 0 Å². The van der Waals surface area contributed by atoms with Crippen LogP contribution in [0.15, 0.2) is 0 Å². The zero-order valence-electron chi connectivity index (χ0n) is 15.4. The minimum atomic E-state index is -3.04. The van der Waals surface area contributed by atoms with Gasteiger partial charge in [0.1, 0.15) is 0 Å². The van der Waals surface area contributed by atoms with Gasteiger partial charge in [0.15, 0.2) is 0 Å². The van der Waals surface area contributed by atoms with Gasteiger partial charge in [-0.05, 0) is 40.0 Å². The highest BCUT2D eigenvalue weighted by molar-refractivity contribution is 6.62. The van der Waals surface area contributed by atoms with Crippen molar-refractivity contribution in [2.45, 2.75) is 58.9 Å². The summed E-state index contributed by atoms with van der Waals surface area (Å²) in [5.41, 5.74) is 5.22. The van der Waals surface area contributed by atoms with Crippen molar-refractivity contribution in [3.8, 4) is 0 Å². The van der Waals surface area contributed by atoms with Crippen molar-refractivity contribution in [3.05, 3.63) is 0 Å². The van der Waals surface area contributed by atoms with E-state index in [-0.39, 0.29) is 17.4 Å². The van der Waals surface area contributed by atoms with E-state index in [0.29, 0.717) is 39.2 Å². The Balaban J connectivity index is 3.20. The van der Waals surface area contributed by atoms with E-state index in [4.69, 9.17) is 19.0 Å². The van der Waals surface area contributed by atoms with Gasteiger partial charge >= 0.3 is 14.8 Å². The minimum Gasteiger partial charge on any atom is -0.374 e. The van der Waals surface area contributed by atoms with Crippen LogP contribution in [-0.4, -0.2) is 52.0 Å². The number of urea groups is 1. The monoisotopic (exact) mass is 360 g/mol. The molecule has 0 aromatic heterocycles. The van der Waals surface area contributed by atoms with Crippen LogP contribution in [0.4, 0.5) is 4.79 Å². The fourth-order valence-electron chi connectivity index (χ4n) is 3.49. The molecule has 1 saturated heterocycles. The van der Waals surface area contributed by atoms with Crippen LogP contribution in [0.2, 0.25) is 5.54 Å². The number of hydrogen-bond donors (Lipinski definition) is 1. The van der Waals surface area contributed by atoms with Gasteiger partial charge in [-0.25, -0.2) is 4.79 Å². The third-order valence-electron chi connectivity index (χ3n) is 4.41. The molecule has 1 heterocycles. The van der Waals surface area contributed by atoms with Crippen molar-refractivity contribution in [3.63, 3.8) is 0 Å². The second-order valence-electron chi connectivity index (χ2n) is 5.85. The normalized spacial score (nSPS) is 20.8. The number of rotatable bonds is 9. The molecular weight excluding hydrogens is 328 g/mol. The van der Waals surface area contributed by atoms with Crippen molar-refractivity contribution in [2.24, 2.45) is 11.7 Å². The van der Waals surface area contributed by atoms with E-state index < -0.39 is 14.8 Å². The molecule has 2 atom stereocenters. The number of primary amides is 1. The Hall–Kier alpha value is -0.963. The van der Waals surface area contributed by atoms with Crippen molar-refractivity contribution >= 4 is 20.7 Å². The molecule has 7 nitrogen and oxygen atoms in total. The Morgan fingerprint density at radius 1 is 1.17 bits per heavy atom. The van der Waals surface area contributed by atoms with E-state index in [2.05, 4.69) is 0 Å². The van der Waals surface area contributed by atoms with E-state index in [1.165, 1.54) is 4.90 Å². The van der Waals surface area contributed by atoms with E-state index >= 15 is 0 Å². The molecule has 2 N–H and O–H groups in total. The zero-order chi connectivity index (χ0) is 18.2. The van der Waals surface area contributed by atoms with Crippen molar-refractivity contribution in [1.82, 2.24) is 4.90 Å². The molecule has 1 fully saturated rings. The summed E-state index contributed by atoms with van der Waals surface area (Å²) in [6.07, 6.45) is 3.03. The second-order valence-corrected chi connectivity index (χ2v) is 8.66. The fraction of sp³-hybridized carbons (Fsp3) is 0.875. The Bertz CT molecular complexity index is 404. The first-order chi connectivity index (χ1) is 11.5. The lowest BCUT2D eigenvalue weighted by Crippen LogP contribution is -2.55. The van der Waals surface area contributed by atoms with Gasteiger partial charge < -0.3 is 19.0 Å². The molecule has 0 bridgehead atoms. The summed E-state index contributed by atoms with van der Waals surface area (Å²) in [7, 11) is -3.04. The van der Waals surface area contributed by atoms with Gasteiger partial charge in [0, 0.05) is 37.8 Å². The molecule has 0 aromatic rings. The Morgan fingerprint density at radius 2 is 1.71 bits per heavy atom. The molecule has 2 unspecified atom stereocenters. The standard InChI is InChI=1S/C16H32N2O5Si/c1-5-14(24(21-6-2,22-7-3)23-8-4)13-11-9-10-12-18(15(13)19)16(17)20/h13-14H,5-12H2,1-4H3,(H2,17,20). The number of nitrogens with zero attached hydrogens (tertiary/aromatic N) is 1. The Morgan fingerprint density at radius 3 is 2.12 bits per heavy atom. The fourth-order valence-corrected chi connectivity index (χ4v) is 6.89. The van der Waals surface area contributed by atoms with Crippen molar-refractivity contribution in [2.75, 3.05) is 26.4 Å². The lowest BCUT2D eigenvalue weighted by atomic mass is 9.96. The average molecular weight is 361 g/mol. The molecule has 3 amide bonds. The van der Waals surface area contributed by atoms with E-state index in [1.54, 1.807) is 0 Å². The van der Waals surface area contributed by atoms with Crippen LogP contribution >= 0.6 is 0 Å². The third-order valence-corrected chi connectivity index (χ3v) is 8.20. The van der Waals surface area contributed by atoms with Gasteiger partial charge in [-0.3, -0.25) is 9.69 Å². The number of likely N-dealkylation sites (tertiary alicyclic amines) is 1. The number of amides is 3. The van der Waals surface area contributed by atoms with Crippen LogP contribution in [0.3, 0.4) is 0 Å². The first-order valence-corrected chi connectivity index (χ1v) is 10.8. The molecule has 140 valence electrons. The summed E-state index contributed by atoms with van der Waals surface area (Å²) in [6.45, 7) is 9.48. The largest absolute Gasteiger partial charge is 0.505 e. The van der Waals surface area contributed by atoms with Gasteiger partial charge in [0.25, 0.3) is 0 Å². The summed E-state index contributed by atoms with van der Waals surface area (Å²) < 4.78 is 18.0. The molecule has 8 heteroatoms. The third kappa shape index (κ3) is 4.78. The maximum Gasteiger partial charge on any atom is 0.505 e. The SMILES string of the molecule is CCO[Si](OCC)(OCC)C(CC)C1CCCCN(C(N)=O)C1=O. The molecule has 1 aliphatic rings. The Labute approximate surface area is 146 Å². The predicted molar refractivity (Wildman–Crippen MR) is 93.3 cm³/mol. The quantitative estimate of drug-likeness (QED) is 0.638. The van der Waals surface area contributed by atoms with Crippen molar-refractivity contribution in [1.29, 1.82) is 0 Å². The summed E-state index contributed by atoms with van der Waals surface area (Å²) in [5.74, 6) is -0.579. The van der Waals surface area contributed by atoms with Crippen LogP contribution in [0, 0.1) is 5.92 Å². The number of hydrogen-bond acceptors (Lipinski definition) is 5. The molecule has 0 saturated carbocycles. The molecule has 24 heavy (non-hydrogen) atoms. The highest BCUT2D eigenvalue weighted by Gasteiger charge is 2.54. The van der Waals surface area contributed by atoms with Crippen LogP contribution in [0.25, 0.3) is 0 Å². The lowest BCUT2D eigenvalue weighted by Gasteiger charge is -2.38. The molecule has 0 radical (unpaired) electrons. The smallest absolute Gasteiger partial charge is 0.374 e. The number of nitrogens with two attached hydrogens (primary N) is 1. The first kappa shape index (κ1) is 21.1. The van der Waals surface area contributed by atoms with Crippen LogP contribution in [0.1, 0.15) is 53.4 Å². The van der Waals surface area contributed by atoms with Crippen molar-refractivity contribution < 1.29 is 22.9 Å². The molecule has 0 aliphatic carbocycles. The lowest BCUT2D eigenvalue weighted by molar-refractivity contribution is -0.132. The highest BCUT2D eigenvalue weighted by atomic mass is 28.4. The van der Waals surface area contributed by atoms with Crippen LogP contribution in [-0.2, 0) is 18.1 Å². The molecular formula is C16H32N2O5Si. The summed E-state index contributed by atoms with van der Waals surface area (Å²) in [6, 6.07) is -0.682. The minimum absolute atomic E-state index is 0.176. The Kier molecular flexibility index (Phi) is 8.89. The number of imide groups is 1. The van der Waals surface area contributed by atoms with Gasteiger partial charge in [-0.1, -0.05) is 13.3 Å². The predicted octanol–water partition coefficient (Wildman–Crippen LogP) is 2.52. The summed E-state index contributed by atoms with van der Waals surface area (Å²) in [4.78, 5) is 25.7. The number of carbonyl (C=O) groups excluding carboxylic acids is 2. The molecule has 0 aromatic carbocycles. The summed E-state index contributed by atoms with van der Waals surface area (Å²) >= 11 is 0. The van der Waals surface area contributed by atoms with Gasteiger partial charge in [0.2, 0.25) is 5.91 Å².